The smallest absolute Gasteiger partial charge is 0.127 e. The van der Waals surface area contributed by atoms with Crippen molar-refractivity contribution in [3.05, 3.63) is 53.6 Å². The summed E-state index contributed by atoms with van der Waals surface area (Å²) in [5, 5.41) is 19.8. The van der Waals surface area contributed by atoms with Crippen LogP contribution in [0.3, 0.4) is 0 Å². The molecule has 0 radical (unpaired) electrons. The Morgan fingerprint density at radius 3 is 2.80 bits per heavy atom. The van der Waals surface area contributed by atoms with Gasteiger partial charge in [-0.15, -0.1) is 0 Å². The Bertz CT molecular complexity index is 624. The zero-order valence-electron chi connectivity index (χ0n) is 11.1. The van der Waals surface area contributed by atoms with E-state index in [1.54, 1.807) is 43.5 Å². The van der Waals surface area contributed by atoms with Crippen LogP contribution in [0.15, 0.2) is 42.5 Å². The molecule has 0 fully saturated rings. The van der Waals surface area contributed by atoms with Gasteiger partial charge in [0.1, 0.15) is 23.4 Å². The number of phenolic OH excluding ortho intramolecular Hbond substituents is 1. The second kappa shape index (κ2) is 5.06. The monoisotopic (exact) mass is 272 g/mol. The molecule has 4 nitrogen and oxygen atoms in total. The second-order valence-electron chi connectivity index (χ2n) is 4.86. The highest BCUT2D eigenvalue weighted by atomic mass is 16.5. The summed E-state index contributed by atoms with van der Waals surface area (Å²) in [4.78, 5) is 0. The molecule has 2 aromatic rings. The number of aliphatic hydroxyl groups excluding tert-OH is 1. The van der Waals surface area contributed by atoms with E-state index in [9.17, 15) is 10.2 Å². The molecule has 2 aromatic carbocycles. The van der Waals surface area contributed by atoms with E-state index in [4.69, 9.17) is 9.47 Å². The van der Waals surface area contributed by atoms with Gasteiger partial charge in [0.25, 0.3) is 0 Å². The maximum absolute atomic E-state index is 10.3. The summed E-state index contributed by atoms with van der Waals surface area (Å²) >= 11 is 0. The van der Waals surface area contributed by atoms with Crippen LogP contribution in [0.5, 0.6) is 17.2 Å². The molecule has 0 aromatic heterocycles. The van der Waals surface area contributed by atoms with Crippen molar-refractivity contribution in [1.82, 2.24) is 0 Å². The molecule has 0 amide bonds. The lowest BCUT2D eigenvalue weighted by molar-refractivity contribution is 0.0653. The van der Waals surface area contributed by atoms with Crippen molar-refractivity contribution in [3.8, 4) is 17.2 Å². The van der Waals surface area contributed by atoms with Gasteiger partial charge < -0.3 is 19.7 Å². The minimum atomic E-state index is -0.610. The summed E-state index contributed by atoms with van der Waals surface area (Å²) in [7, 11) is 1.59. The maximum atomic E-state index is 10.3. The number of fused-ring (bicyclic) bond motifs is 1. The standard InChI is InChI=1S/C16H16O4/c1-19-12-5-6-15-13(8-12)14(18)9-16(20-15)10-3-2-4-11(17)7-10/h2-8,14,16-18H,9H2,1H3/t14-,16?/m0/s1. The van der Waals surface area contributed by atoms with E-state index in [0.717, 1.165) is 11.1 Å². The molecule has 4 heteroatoms. The van der Waals surface area contributed by atoms with Gasteiger partial charge in [-0.1, -0.05) is 12.1 Å². The SMILES string of the molecule is COc1ccc2c(c1)[C@@H](O)CC(c1cccc(O)c1)O2. The van der Waals surface area contributed by atoms with Crippen LogP contribution in [0.25, 0.3) is 0 Å². The molecule has 0 saturated heterocycles. The Kier molecular flexibility index (Phi) is 3.24. The number of hydrogen-bond donors (Lipinski definition) is 2. The molecule has 1 heterocycles. The minimum Gasteiger partial charge on any atom is -0.508 e. The largest absolute Gasteiger partial charge is 0.508 e. The molecule has 20 heavy (non-hydrogen) atoms. The van der Waals surface area contributed by atoms with Crippen molar-refractivity contribution in [2.45, 2.75) is 18.6 Å². The van der Waals surface area contributed by atoms with E-state index in [2.05, 4.69) is 0 Å². The quantitative estimate of drug-likeness (QED) is 0.882. The zero-order chi connectivity index (χ0) is 14.1. The fraction of sp³-hybridized carbons (Fsp3) is 0.250. The molecule has 1 unspecified atom stereocenters. The molecule has 3 rings (SSSR count). The number of aliphatic hydroxyl groups is 1. The van der Waals surface area contributed by atoms with Crippen LogP contribution in [0.4, 0.5) is 0 Å². The van der Waals surface area contributed by atoms with Crippen LogP contribution in [-0.2, 0) is 0 Å². The van der Waals surface area contributed by atoms with Gasteiger partial charge in [0, 0.05) is 12.0 Å². The van der Waals surface area contributed by atoms with E-state index in [0.29, 0.717) is 17.9 Å². The fourth-order valence-electron chi connectivity index (χ4n) is 2.48. The number of ether oxygens (including phenoxy) is 2. The van der Waals surface area contributed by atoms with E-state index in [-0.39, 0.29) is 11.9 Å². The Morgan fingerprint density at radius 1 is 1.20 bits per heavy atom. The summed E-state index contributed by atoms with van der Waals surface area (Å²) in [6, 6.07) is 12.3. The highest BCUT2D eigenvalue weighted by molar-refractivity contribution is 5.44. The van der Waals surface area contributed by atoms with E-state index in [1.165, 1.54) is 0 Å². The zero-order valence-corrected chi connectivity index (χ0v) is 11.1. The van der Waals surface area contributed by atoms with Crippen molar-refractivity contribution < 1.29 is 19.7 Å². The van der Waals surface area contributed by atoms with Gasteiger partial charge in [-0.2, -0.15) is 0 Å². The van der Waals surface area contributed by atoms with Crippen LogP contribution in [-0.4, -0.2) is 17.3 Å². The summed E-state index contributed by atoms with van der Waals surface area (Å²) in [6.45, 7) is 0. The molecule has 2 atom stereocenters. The average Bonchev–Trinajstić information content (AvgIpc) is 2.47. The third-order valence-electron chi connectivity index (χ3n) is 3.52. The van der Waals surface area contributed by atoms with E-state index in [1.807, 2.05) is 6.07 Å². The van der Waals surface area contributed by atoms with E-state index >= 15 is 0 Å². The Morgan fingerprint density at radius 2 is 2.05 bits per heavy atom. The first-order valence-electron chi connectivity index (χ1n) is 6.49. The molecule has 1 aliphatic heterocycles. The molecule has 2 N–H and O–H groups in total. The van der Waals surface area contributed by atoms with Gasteiger partial charge in [-0.25, -0.2) is 0 Å². The predicted molar refractivity (Wildman–Crippen MR) is 74.0 cm³/mol. The van der Waals surface area contributed by atoms with Crippen LogP contribution < -0.4 is 9.47 Å². The number of phenols is 1. The van der Waals surface area contributed by atoms with Gasteiger partial charge in [0.05, 0.1) is 13.2 Å². The van der Waals surface area contributed by atoms with Gasteiger partial charge in [-0.05, 0) is 35.9 Å². The molecular formula is C16H16O4. The van der Waals surface area contributed by atoms with Crippen molar-refractivity contribution in [2.24, 2.45) is 0 Å². The number of methoxy groups -OCH3 is 1. The van der Waals surface area contributed by atoms with Crippen molar-refractivity contribution in [3.63, 3.8) is 0 Å². The highest BCUT2D eigenvalue weighted by Crippen LogP contribution is 2.42. The predicted octanol–water partition coefficient (Wildman–Crippen LogP) is 2.96. The lowest BCUT2D eigenvalue weighted by Gasteiger charge is -2.30. The van der Waals surface area contributed by atoms with Crippen LogP contribution in [0, 0.1) is 0 Å². The first kappa shape index (κ1) is 12.8. The van der Waals surface area contributed by atoms with Gasteiger partial charge in [0.2, 0.25) is 0 Å². The first-order valence-corrected chi connectivity index (χ1v) is 6.49. The maximum Gasteiger partial charge on any atom is 0.127 e. The minimum absolute atomic E-state index is 0.195. The molecule has 0 spiro atoms. The average molecular weight is 272 g/mol. The van der Waals surface area contributed by atoms with Gasteiger partial charge >= 0.3 is 0 Å². The molecule has 0 aliphatic carbocycles. The van der Waals surface area contributed by atoms with Crippen molar-refractivity contribution in [2.75, 3.05) is 7.11 Å². The highest BCUT2D eigenvalue weighted by Gasteiger charge is 2.28. The van der Waals surface area contributed by atoms with Crippen molar-refractivity contribution in [1.29, 1.82) is 0 Å². The third-order valence-corrected chi connectivity index (χ3v) is 3.52. The molecule has 0 saturated carbocycles. The number of rotatable bonds is 2. The van der Waals surface area contributed by atoms with Gasteiger partial charge in [0.15, 0.2) is 0 Å². The number of hydrogen-bond acceptors (Lipinski definition) is 4. The van der Waals surface area contributed by atoms with Gasteiger partial charge in [-0.3, -0.25) is 0 Å². The molecule has 1 aliphatic rings. The molecule has 0 bridgehead atoms. The van der Waals surface area contributed by atoms with Crippen molar-refractivity contribution >= 4 is 0 Å². The lowest BCUT2D eigenvalue weighted by Crippen LogP contribution is -2.19. The molecular weight excluding hydrogens is 256 g/mol. The topological polar surface area (TPSA) is 58.9 Å². The second-order valence-corrected chi connectivity index (χ2v) is 4.86. The third kappa shape index (κ3) is 2.30. The Balaban J connectivity index is 1.93. The van der Waals surface area contributed by atoms with Crippen LogP contribution in [0.1, 0.15) is 29.8 Å². The lowest BCUT2D eigenvalue weighted by atomic mass is 9.95. The summed E-state index contributed by atoms with van der Waals surface area (Å²) in [5.74, 6) is 1.54. The Labute approximate surface area is 117 Å². The Hall–Kier alpha value is -2.20. The summed E-state index contributed by atoms with van der Waals surface area (Å²) in [6.07, 6.45) is -0.428. The summed E-state index contributed by atoms with van der Waals surface area (Å²) in [5.41, 5.74) is 1.59. The van der Waals surface area contributed by atoms with E-state index < -0.39 is 6.10 Å². The van der Waals surface area contributed by atoms with Crippen LogP contribution >= 0.6 is 0 Å². The fourth-order valence-corrected chi connectivity index (χ4v) is 2.48. The number of aromatic hydroxyl groups is 1. The molecule has 104 valence electrons. The normalized spacial score (nSPS) is 20.9. The summed E-state index contributed by atoms with van der Waals surface area (Å²) < 4.78 is 11.1. The first-order chi connectivity index (χ1) is 9.67. The van der Waals surface area contributed by atoms with Crippen LogP contribution in [0.2, 0.25) is 0 Å². The number of benzene rings is 2.